The number of carbonyl (C=O) groups excluding carboxylic acids is 1. The van der Waals surface area contributed by atoms with E-state index in [-0.39, 0.29) is 17.9 Å². The highest BCUT2D eigenvalue weighted by Crippen LogP contribution is 2.26. The van der Waals surface area contributed by atoms with E-state index in [2.05, 4.69) is 34.3 Å². The third kappa shape index (κ3) is 4.73. The van der Waals surface area contributed by atoms with E-state index in [9.17, 15) is 4.79 Å². The Labute approximate surface area is 151 Å². The Balaban J connectivity index is 1.67. The van der Waals surface area contributed by atoms with Crippen molar-refractivity contribution in [3.8, 4) is 5.75 Å². The highest BCUT2D eigenvalue weighted by Gasteiger charge is 2.27. The minimum Gasteiger partial charge on any atom is -0.497 e. The van der Waals surface area contributed by atoms with E-state index in [0.29, 0.717) is 6.54 Å². The van der Waals surface area contributed by atoms with Crippen molar-refractivity contribution in [1.29, 1.82) is 0 Å². The SMILES string of the molecule is COc1ccc(C(CNC(=O)C2CCCC2)N2CCN(C)CC2)cc1. The number of likely N-dealkylation sites (N-methyl/N-ethyl adjacent to an activating group) is 1. The smallest absolute Gasteiger partial charge is 0.223 e. The Bertz CT molecular complexity index is 547. The van der Waals surface area contributed by atoms with Crippen LogP contribution in [0.4, 0.5) is 0 Å². The van der Waals surface area contributed by atoms with Crippen molar-refractivity contribution in [2.75, 3.05) is 46.9 Å². The third-order valence-corrected chi connectivity index (χ3v) is 5.67. The van der Waals surface area contributed by atoms with Gasteiger partial charge in [-0.2, -0.15) is 0 Å². The molecule has 5 nitrogen and oxygen atoms in total. The van der Waals surface area contributed by atoms with Crippen LogP contribution in [0.5, 0.6) is 5.75 Å². The summed E-state index contributed by atoms with van der Waals surface area (Å²) in [7, 11) is 3.86. The zero-order chi connectivity index (χ0) is 17.6. The van der Waals surface area contributed by atoms with Gasteiger partial charge in [-0.15, -0.1) is 0 Å². The van der Waals surface area contributed by atoms with Gasteiger partial charge in [0.05, 0.1) is 13.2 Å². The van der Waals surface area contributed by atoms with Crippen molar-refractivity contribution >= 4 is 5.91 Å². The zero-order valence-electron chi connectivity index (χ0n) is 15.5. The average Bonchev–Trinajstić information content (AvgIpc) is 3.18. The highest BCUT2D eigenvalue weighted by atomic mass is 16.5. The molecule has 1 amide bonds. The quantitative estimate of drug-likeness (QED) is 0.859. The van der Waals surface area contributed by atoms with Crippen LogP contribution < -0.4 is 10.1 Å². The topological polar surface area (TPSA) is 44.8 Å². The number of carbonyl (C=O) groups is 1. The van der Waals surface area contributed by atoms with E-state index >= 15 is 0 Å². The van der Waals surface area contributed by atoms with Gasteiger partial charge in [-0.1, -0.05) is 25.0 Å². The molecule has 1 saturated heterocycles. The van der Waals surface area contributed by atoms with Crippen LogP contribution in [0, 0.1) is 5.92 Å². The standard InChI is InChI=1S/C20H31N3O2/c1-22-11-13-23(14-12-22)19(16-7-9-18(25-2)10-8-16)15-21-20(24)17-5-3-4-6-17/h7-10,17,19H,3-6,11-15H2,1-2H3,(H,21,24). The fourth-order valence-corrected chi connectivity index (χ4v) is 3.95. The van der Waals surface area contributed by atoms with Crippen LogP contribution >= 0.6 is 0 Å². The van der Waals surface area contributed by atoms with E-state index in [0.717, 1.165) is 44.8 Å². The van der Waals surface area contributed by atoms with Crippen molar-refractivity contribution in [2.24, 2.45) is 5.92 Å². The number of nitrogens with one attached hydrogen (secondary N) is 1. The molecule has 138 valence electrons. The zero-order valence-corrected chi connectivity index (χ0v) is 15.5. The number of benzene rings is 1. The van der Waals surface area contributed by atoms with E-state index < -0.39 is 0 Å². The Morgan fingerprint density at radius 3 is 2.40 bits per heavy atom. The molecule has 1 aliphatic heterocycles. The summed E-state index contributed by atoms with van der Waals surface area (Å²) < 4.78 is 5.28. The van der Waals surface area contributed by atoms with Crippen LogP contribution in [-0.4, -0.2) is 62.6 Å². The third-order valence-electron chi connectivity index (χ3n) is 5.67. The molecule has 0 aromatic heterocycles. The van der Waals surface area contributed by atoms with Gasteiger partial charge < -0.3 is 15.0 Å². The average molecular weight is 345 g/mol. The van der Waals surface area contributed by atoms with Gasteiger partial charge >= 0.3 is 0 Å². The monoisotopic (exact) mass is 345 g/mol. The lowest BCUT2D eigenvalue weighted by atomic mass is 10.0. The summed E-state index contributed by atoms with van der Waals surface area (Å²) in [4.78, 5) is 17.3. The number of amides is 1. The van der Waals surface area contributed by atoms with Crippen molar-refractivity contribution in [1.82, 2.24) is 15.1 Å². The second-order valence-corrected chi connectivity index (χ2v) is 7.35. The molecule has 1 aromatic carbocycles. The van der Waals surface area contributed by atoms with E-state index in [4.69, 9.17) is 4.74 Å². The van der Waals surface area contributed by atoms with Gasteiger partial charge in [-0.3, -0.25) is 9.69 Å². The first-order valence-corrected chi connectivity index (χ1v) is 9.51. The molecule has 1 aromatic rings. The number of rotatable bonds is 6. The molecule has 25 heavy (non-hydrogen) atoms. The molecule has 3 rings (SSSR count). The first kappa shape index (κ1) is 18.2. The first-order chi connectivity index (χ1) is 12.2. The molecule has 1 saturated carbocycles. The number of nitrogens with zero attached hydrogens (tertiary/aromatic N) is 2. The molecule has 0 spiro atoms. The molecule has 1 N–H and O–H groups in total. The summed E-state index contributed by atoms with van der Waals surface area (Å²) in [5.74, 6) is 1.34. The van der Waals surface area contributed by atoms with Crippen molar-refractivity contribution in [2.45, 2.75) is 31.7 Å². The summed E-state index contributed by atoms with van der Waals surface area (Å²) in [5, 5.41) is 3.23. The van der Waals surface area contributed by atoms with Crippen LogP contribution in [0.1, 0.15) is 37.3 Å². The number of hydrogen-bond acceptors (Lipinski definition) is 4. The van der Waals surface area contributed by atoms with Crippen LogP contribution in [0.15, 0.2) is 24.3 Å². The molecule has 2 aliphatic rings. The summed E-state index contributed by atoms with van der Waals surface area (Å²) >= 11 is 0. The maximum absolute atomic E-state index is 12.5. The van der Waals surface area contributed by atoms with Crippen molar-refractivity contribution < 1.29 is 9.53 Å². The Hall–Kier alpha value is -1.59. The molecule has 1 atom stereocenters. The molecular formula is C20H31N3O2. The molecule has 0 radical (unpaired) electrons. The van der Waals surface area contributed by atoms with Crippen LogP contribution in [0.2, 0.25) is 0 Å². The predicted octanol–water partition coefficient (Wildman–Crippen LogP) is 2.29. The Morgan fingerprint density at radius 2 is 1.80 bits per heavy atom. The van der Waals surface area contributed by atoms with Crippen LogP contribution in [0.25, 0.3) is 0 Å². The minimum atomic E-state index is 0.226. The molecule has 5 heteroatoms. The number of methoxy groups -OCH3 is 1. The van der Waals surface area contributed by atoms with Gasteiger partial charge in [0.2, 0.25) is 5.91 Å². The second-order valence-electron chi connectivity index (χ2n) is 7.35. The minimum absolute atomic E-state index is 0.226. The fourth-order valence-electron chi connectivity index (χ4n) is 3.95. The van der Waals surface area contributed by atoms with Crippen LogP contribution in [-0.2, 0) is 4.79 Å². The largest absolute Gasteiger partial charge is 0.497 e. The fraction of sp³-hybridized carbons (Fsp3) is 0.650. The molecular weight excluding hydrogens is 314 g/mol. The van der Waals surface area contributed by atoms with Crippen LogP contribution in [0.3, 0.4) is 0 Å². The van der Waals surface area contributed by atoms with Gasteiger partial charge in [0.1, 0.15) is 5.75 Å². The van der Waals surface area contributed by atoms with E-state index in [1.165, 1.54) is 18.4 Å². The van der Waals surface area contributed by atoms with Gasteiger partial charge in [0.25, 0.3) is 0 Å². The van der Waals surface area contributed by atoms with Gasteiger partial charge in [0, 0.05) is 38.6 Å². The first-order valence-electron chi connectivity index (χ1n) is 9.51. The lowest BCUT2D eigenvalue weighted by molar-refractivity contribution is -0.125. The number of hydrogen-bond donors (Lipinski definition) is 1. The van der Waals surface area contributed by atoms with Gasteiger partial charge in [-0.05, 0) is 37.6 Å². The number of ether oxygens (including phenoxy) is 1. The van der Waals surface area contributed by atoms with E-state index in [1.807, 2.05) is 12.1 Å². The van der Waals surface area contributed by atoms with Crippen molar-refractivity contribution in [3.05, 3.63) is 29.8 Å². The summed E-state index contributed by atoms with van der Waals surface area (Å²) in [6.07, 6.45) is 4.48. The lowest BCUT2D eigenvalue weighted by Gasteiger charge is -2.38. The highest BCUT2D eigenvalue weighted by molar-refractivity contribution is 5.78. The summed E-state index contributed by atoms with van der Waals surface area (Å²) in [6.45, 7) is 4.90. The van der Waals surface area contributed by atoms with E-state index in [1.54, 1.807) is 7.11 Å². The van der Waals surface area contributed by atoms with Gasteiger partial charge in [0.15, 0.2) is 0 Å². The normalized spacial score (nSPS) is 21.2. The number of piperazine rings is 1. The summed E-state index contributed by atoms with van der Waals surface area (Å²) in [5.41, 5.74) is 1.25. The predicted molar refractivity (Wildman–Crippen MR) is 99.8 cm³/mol. The molecule has 1 aliphatic carbocycles. The Morgan fingerprint density at radius 1 is 1.16 bits per heavy atom. The summed E-state index contributed by atoms with van der Waals surface area (Å²) in [6, 6.07) is 8.51. The maximum Gasteiger partial charge on any atom is 0.223 e. The molecule has 1 heterocycles. The molecule has 0 bridgehead atoms. The Kier molecular flexibility index (Phi) is 6.32. The van der Waals surface area contributed by atoms with Gasteiger partial charge in [-0.25, -0.2) is 0 Å². The lowest BCUT2D eigenvalue weighted by Crippen LogP contribution is -2.48. The van der Waals surface area contributed by atoms with Crippen molar-refractivity contribution in [3.63, 3.8) is 0 Å². The second kappa shape index (κ2) is 8.68. The maximum atomic E-state index is 12.5. The molecule has 1 unspecified atom stereocenters. The molecule has 2 fully saturated rings.